The Bertz CT molecular complexity index is 2830. The molecule has 0 radical (unpaired) electrons. The lowest BCUT2D eigenvalue weighted by molar-refractivity contribution is -0.611. The molecule has 0 bridgehead atoms. The van der Waals surface area contributed by atoms with Crippen LogP contribution >= 0.6 is 0 Å². The second-order valence-electron chi connectivity index (χ2n) is 20.2. The van der Waals surface area contributed by atoms with Crippen LogP contribution in [0.2, 0.25) is 0 Å². The van der Waals surface area contributed by atoms with Gasteiger partial charge in [0.25, 0.3) is 6.33 Å². The standard InChI is InChI=1S/C54H58N4O/c1-51(2,3)38-24-25-55-50(31-38)58-47-21-17-16-20-45(47)46-23-22-43(33-48(46)58)59-44-30-40(53(7,8)9)28-41(32-44)56-34-49(54(10,11)12)57(35-56)42-27-37(36-18-14-13-15-19-36)26-39(29-42)52(4,5)6/h13-34H,1-12H3. The molecule has 0 saturated heterocycles. The predicted octanol–water partition coefficient (Wildman–Crippen LogP) is 13.7. The quantitative estimate of drug-likeness (QED) is 0.124. The number of imidazole rings is 1. The first-order valence-electron chi connectivity index (χ1n) is 20.9. The summed E-state index contributed by atoms with van der Waals surface area (Å²) < 4.78 is 13.5. The molecule has 3 heterocycles. The highest BCUT2D eigenvalue weighted by atomic mass is 16.5. The van der Waals surface area contributed by atoms with E-state index in [2.05, 4.69) is 231 Å². The fourth-order valence-electron chi connectivity index (χ4n) is 7.82. The van der Waals surface area contributed by atoms with Gasteiger partial charge in [0.15, 0.2) is 0 Å². The summed E-state index contributed by atoms with van der Waals surface area (Å²) in [6.45, 7) is 27.1. The number of pyridine rings is 1. The molecule has 5 aromatic carbocycles. The number of hydrogen-bond donors (Lipinski definition) is 0. The van der Waals surface area contributed by atoms with E-state index < -0.39 is 0 Å². The summed E-state index contributed by atoms with van der Waals surface area (Å²) in [4.78, 5) is 4.89. The third-order valence-electron chi connectivity index (χ3n) is 11.4. The molecule has 59 heavy (non-hydrogen) atoms. The van der Waals surface area contributed by atoms with Crippen molar-refractivity contribution in [3.8, 4) is 39.8 Å². The fraction of sp³-hybridized carbons (Fsp3) is 0.296. The van der Waals surface area contributed by atoms with E-state index in [-0.39, 0.29) is 21.7 Å². The number of para-hydroxylation sites is 1. The van der Waals surface area contributed by atoms with Crippen molar-refractivity contribution >= 4 is 21.8 Å². The molecule has 0 unspecified atom stereocenters. The van der Waals surface area contributed by atoms with E-state index in [9.17, 15) is 0 Å². The Labute approximate surface area is 351 Å². The average Bonchev–Trinajstić information content (AvgIpc) is 3.78. The highest BCUT2D eigenvalue weighted by molar-refractivity contribution is 6.09. The molecule has 5 nitrogen and oxygen atoms in total. The molecule has 5 heteroatoms. The number of ether oxygens (including phenoxy) is 1. The zero-order valence-electron chi connectivity index (χ0n) is 36.9. The predicted molar refractivity (Wildman–Crippen MR) is 245 cm³/mol. The van der Waals surface area contributed by atoms with Crippen molar-refractivity contribution in [3.05, 3.63) is 162 Å². The maximum atomic E-state index is 6.89. The molecule has 0 fully saturated rings. The van der Waals surface area contributed by atoms with Crippen molar-refractivity contribution in [1.29, 1.82) is 0 Å². The number of aromatic nitrogens is 4. The average molecular weight is 779 g/mol. The summed E-state index contributed by atoms with van der Waals surface area (Å²) in [6, 6.07) is 43.5. The van der Waals surface area contributed by atoms with Crippen LogP contribution in [0.15, 0.2) is 134 Å². The van der Waals surface area contributed by atoms with Crippen LogP contribution in [0.25, 0.3) is 50.1 Å². The van der Waals surface area contributed by atoms with Crippen LogP contribution in [0.5, 0.6) is 11.5 Å². The Balaban J connectivity index is 1.26. The van der Waals surface area contributed by atoms with Crippen LogP contribution in [-0.2, 0) is 21.7 Å². The van der Waals surface area contributed by atoms with E-state index in [1.807, 2.05) is 6.20 Å². The van der Waals surface area contributed by atoms with Gasteiger partial charge in [-0.1, -0.05) is 138 Å². The Morgan fingerprint density at radius 3 is 1.88 bits per heavy atom. The number of benzene rings is 5. The van der Waals surface area contributed by atoms with Gasteiger partial charge in [-0.15, -0.1) is 0 Å². The van der Waals surface area contributed by atoms with Crippen LogP contribution < -0.4 is 9.30 Å². The molecule has 0 amide bonds. The van der Waals surface area contributed by atoms with Gasteiger partial charge < -0.3 is 4.74 Å². The van der Waals surface area contributed by atoms with Gasteiger partial charge in [-0.3, -0.25) is 13.7 Å². The summed E-state index contributed by atoms with van der Waals surface area (Å²) in [5.41, 5.74) is 11.2. The van der Waals surface area contributed by atoms with Gasteiger partial charge in [-0.25, -0.2) is 4.98 Å². The molecule has 8 aromatic rings. The van der Waals surface area contributed by atoms with Crippen molar-refractivity contribution in [1.82, 2.24) is 14.1 Å². The number of rotatable bonds is 6. The van der Waals surface area contributed by atoms with Crippen LogP contribution in [0.3, 0.4) is 0 Å². The zero-order valence-corrected chi connectivity index (χ0v) is 36.9. The van der Waals surface area contributed by atoms with Crippen LogP contribution in [0, 0.1) is 6.33 Å². The lowest BCUT2D eigenvalue weighted by Crippen LogP contribution is -2.39. The summed E-state index contributed by atoms with van der Waals surface area (Å²) in [5, 5.41) is 2.34. The zero-order chi connectivity index (χ0) is 42.1. The minimum absolute atomic E-state index is 0.00781. The number of hydrogen-bond acceptors (Lipinski definition) is 2. The van der Waals surface area contributed by atoms with Crippen molar-refractivity contribution < 1.29 is 9.30 Å². The molecule has 0 aliphatic carbocycles. The summed E-state index contributed by atoms with van der Waals surface area (Å²) in [5.74, 6) is 2.43. The summed E-state index contributed by atoms with van der Waals surface area (Å²) in [7, 11) is 0. The van der Waals surface area contributed by atoms with Crippen molar-refractivity contribution in [2.45, 2.75) is 105 Å². The number of nitrogens with zero attached hydrogens (tertiary/aromatic N) is 4. The maximum Gasteiger partial charge on any atom is 0.269 e. The molecule has 0 atom stereocenters. The van der Waals surface area contributed by atoms with Gasteiger partial charge in [0, 0.05) is 29.2 Å². The van der Waals surface area contributed by atoms with Crippen LogP contribution in [0.1, 0.15) is 105 Å². The van der Waals surface area contributed by atoms with E-state index in [0.29, 0.717) is 0 Å². The van der Waals surface area contributed by atoms with E-state index >= 15 is 0 Å². The Hall–Kier alpha value is -5.94. The Kier molecular flexibility index (Phi) is 9.74. The topological polar surface area (TPSA) is 35.9 Å². The van der Waals surface area contributed by atoms with Gasteiger partial charge in [-0.05, 0) is 110 Å². The molecular formula is C54H58N4O. The molecule has 0 saturated carbocycles. The molecule has 3 aromatic heterocycles. The van der Waals surface area contributed by atoms with Gasteiger partial charge in [0.05, 0.1) is 28.1 Å². The van der Waals surface area contributed by atoms with Gasteiger partial charge >= 0.3 is 0 Å². The first-order valence-corrected chi connectivity index (χ1v) is 20.9. The second-order valence-corrected chi connectivity index (χ2v) is 20.2. The fourth-order valence-corrected chi connectivity index (χ4v) is 7.82. The lowest BCUT2D eigenvalue weighted by atomic mass is 9.84. The monoisotopic (exact) mass is 778 g/mol. The lowest BCUT2D eigenvalue weighted by Gasteiger charge is -2.24. The third-order valence-corrected chi connectivity index (χ3v) is 11.4. The second kappa shape index (κ2) is 14.4. The van der Waals surface area contributed by atoms with Gasteiger partial charge in [-0.2, -0.15) is 0 Å². The first kappa shape index (κ1) is 39.9. The SMILES string of the molecule is CC(C)(C)c1cc(Oc2ccc3c4ccccc4n(-c4cc(C(C)(C)C)ccn4)c3c2)cc(-n2[c-][n+](-c3cc(-c4ccccc4)cc(C(C)(C)C)c3)c(C(C)(C)C)c2)c1. The molecule has 0 spiro atoms. The van der Waals surface area contributed by atoms with Gasteiger partial charge in [0.2, 0.25) is 0 Å². The third kappa shape index (κ3) is 7.96. The number of fused-ring (bicyclic) bond motifs is 3. The summed E-state index contributed by atoms with van der Waals surface area (Å²) in [6.07, 6.45) is 7.96. The highest BCUT2D eigenvalue weighted by Crippen LogP contribution is 2.38. The largest absolute Gasteiger partial charge is 0.458 e. The Morgan fingerprint density at radius 1 is 0.525 bits per heavy atom. The highest BCUT2D eigenvalue weighted by Gasteiger charge is 2.26. The molecule has 300 valence electrons. The van der Waals surface area contributed by atoms with Crippen molar-refractivity contribution in [2.75, 3.05) is 0 Å². The van der Waals surface area contributed by atoms with Gasteiger partial charge in [0.1, 0.15) is 17.3 Å². The Morgan fingerprint density at radius 2 is 1.19 bits per heavy atom. The van der Waals surface area contributed by atoms with E-state index in [1.165, 1.54) is 33.2 Å². The van der Waals surface area contributed by atoms with Crippen LogP contribution in [-0.4, -0.2) is 14.1 Å². The molecular weight excluding hydrogens is 721 g/mol. The summed E-state index contributed by atoms with van der Waals surface area (Å²) >= 11 is 0. The first-order chi connectivity index (χ1) is 27.7. The van der Waals surface area contributed by atoms with Crippen LogP contribution in [0.4, 0.5) is 0 Å². The van der Waals surface area contributed by atoms with Crippen molar-refractivity contribution in [3.63, 3.8) is 0 Å². The smallest absolute Gasteiger partial charge is 0.269 e. The minimum Gasteiger partial charge on any atom is -0.458 e. The molecule has 0 aliphatic rings. The van der Waals surface area contributed by atoms with Crippen molar-refractivity contribution in [2.24, 2.45) is 0 Å². The van der Waals surface area contributed by atoms with E-state index in [4.69, 9.17) is 9.72 Å². The molecule has 8 rings (SSSR count). The maximum absolute atomic E-state index is 6.89. The normalized spacial score (nSPS) is 12.7. The van der Waals surface area contributed by atoms with E-state index in [1.54, 1.807) is 0 Å². The molecule has 0 N–H and O–H groups in total. The minimum atomic E-state index is -0.164. The molecule has 0 aliphatic heterocycles. The van der Waals surface area contributed by atoms with E-state index in [0.717, 1.165) is 50.8 Å².